The summed E-state index contributed by atoms with van der Waals surface area (Å²) < 4.78 is 13.5. The number of aryl methyl sites for hydroxylation is 2. The second-order valence-electron chi connectivity index (χ2n) is 7.27. The molecule has 0 saturated heterocycles. The molecule has 0 bridgehead atoms. The summed E-state index contributed by atoms with van der Waals surface area (Å²) in [5.41, 5.74) is 2.86. The van der Waals surface area contributed by atoms with Gasteiger partial charge in [-0.3, -0.25) is 9.48 Å². The topological polar surface area (TPSA) is 82.2 Å². The lowest BCUT2D eigenvalue weighted by Crippen LogP contribution is -2.16. The van der Waals surface area contributed by atoms with E-state index >= 15 is 0 Å². The van der Waals surface area contributed by atoms with E-state index < -0.39 is 5.91 Å². The van der Waals surface area contributed by atoms with Gasteiger partial charge in [-0.1, -0.05) is 41.0 Å². The maximum Gasteiger partial charge on any atom is 0.279 e. The zero-order valence-corrected chi connectivity index (χ0v) is 19.8. The lowest BCUT2D eigenvalue weighted by atomic mass is 10.2. The lowest BCUT2D eigenvalue weighted by molar-refractivity contribution is 0.101. The number of ether oxygens (including phenoxy) is 1. The van der Waals surface area contributed by atoms with E-state index in [-0.39, 0.29) is 12.3 Å². The number of amides is 1. The molecule has 2 aromatic heterocycles. The second-order valence-corrected chi connectivity index (χ2v) is 8.57. The minimum Gasteiger partial charge on any atom is -0.489 e. The van der Waals surface area contributed by atoms with E-state index in [2.05, 4.69) is 31.5 Å². The van der Waals surface area contributed by atoms with Gasteiger partial charge in [0.2, 0.25) is 0 Å². The third-order valence-electron chi connectivity index (χ3n) is 4.78. The Morgan fingerprint density at radius 3 is 2.75 bits per heavy atom. The molecule has 0 spiro atoms. The van der Waals surface area contributed by atoms with Gasteiger partial charge in [0.15, 0.2) is 11.5 Å². The Morgan fingerprint density at radius 1 is 1.22 bits per heavy atom. The van der Waals surface area contributed by atoms with Crippen LogP contribution in [0.2, 0.25) is 5.02 Å². The molecule has 0 fully saturated rings. The van der Waals surface area contributed by atoms with Crippen LogP contribution in [0, 0.1) is 13.8 Å². The molecule has 7 nitrogen and oxygen atoms in total. The molecule has 2 heterocycles. The number of benzene rings is 2. The number of hydrogen-bond acceptors (Lipinski definition) is 5. The highest BCUT2D eigenvalue weighted by Crippen LogP contribution is 2.24. The van der Waals surface area contributed by atoms with Crippen molar-refractivity contribution in [2.75, 3.05) is 5.32 Å². The van der Waals surface area contributed by atoms with Crippen molar-refractivity contribution in [3.05, 3.63) is 92.4 Å². The highest BCUT2D eigenvalue weighted by atomic mass is 79.9. The standard InChI is InChI=1S/C23H20BrClN4O3/c1-14-4-3-5-18(10-14)31-13-19-15(2)32-28-21(19)23(30)26-22-20(24)12-29(27-22)11-16-6-8-17(25)9-7-16/h3-10,12H,11,13H2,1-2H3,(H,26,27,30). The highest BCUT2D eigenvalue weighted by Gasteiger charge is 2.22. The third-order valence-corrected chi connectivity index (χ3v) is 5.61. The molecule has 0 radical (unpaired) electrons. The molecule has 9 heteroatoms. The molecule has 2 aromatic carbocycles. The fourth-order valence-electron chi connectivity index (χ4n) is 3.11. The van der Waals surface area contributed by atoms with Gasteiger partial charge in [0, 0.05) is 11.2 Å². The number of hydrogen-bond donors (Lipinski definition) is 1. The SMILES string of the molecule is Cc1cccc(OCc2c(C(=O)Nc3nn(Cc4ccc(Cl)cc4)cc3Br)noc2C)c1. The molecule has 4 aromatic rings. The van der Waals surface area contributed by atoms with E-state index in [4.69, 9.17) is 20.9 Å². The van der Waals surface area contributed by atoms with Crippen molar-refractivity contribution < 1.29 is 14.1 Å². The van der Waals surface area contributed by atoms with Crippen molar-refractivity contribution in [3.8, 4) is 5.75 Å². The number of carbonyl (C=O) groups is 1. The van der Waals surface area contributed by atoms with Crippen molar-refractivity contribution in [3.63, 3.8) is 0 Å². The first-order valence-corrected chi connectivity index (χ1v) is 11.0. The van der Waals surface area contributed by atoms with Crippen LogP contribution in [0.15, 0.2) is 63.7 Å². The van der Waals surface area contributed by atoms with Crippen LogP contribution in [0.5, 0.6) is 5.75 Å². The second kappa shape index (κ2) is 9.58. The quantitative estimate of drug-likeness (QED) is 0.337. The number of aromatic nitrogens is 3. The summed E-state index contributed by atoms with van der Waals surface area (Å²) in [4.78, 5) is 12.9. The molecule has 0 aliphatic heterocycles. The number of carbonyl (C=O) groups excluding carboxylic acids is 1. The van der Waals surface area contributed by atoms with Crippen LogP contribution in [0.1, 0.15) is 32.9 Å². The summed E-state index contributed by atoms with van der Waals surface area (Å²) in [5.74, 6) is 1.19. The highest BCUT2D eigenvalue weighted by molar-refractivity contribution is 9.10. The summed E-state index contributed by atoms with van der Waals surface area (Å²) >= 11 is 9.39. The molecular formula is C23H20BrClN4O3. The van der Waals surface area contributed by atoms with Crippen LogP contribution in [0.3, 0.4) is 0 Å². The number of nitrogens with one attached hydrogen (secondary N) is 1. The van der Waals surface area contributed by atoms with Gasteiger partial charge >= 0.3 is 0 Å². The van der Waals surface area contributed by atoms with Crippen molar-refractivity contribution in [1.82, 2.24) is 14.9 Å². The Morgan fingerprint density at radius 2 is 2.00 bits per heavy atom. The van der Waals surface area contributed by atoms with Crippen molar-refractivity contribution in [2.24, 2.45) is 0 Å². The van der Waals surface area contributed by atoms with Gasteiger partial charge in [-0.15, -0.1) is 0 Å². The normalized spacial score (nSPS) is 10.9. The van der Waals surface area contributed by atoms with E-state index in [0.717, 1.165) is 11.1 Å². The van der Waals surface area contributed by atoms with Gasteiger partial charge in [0.25, 0.3) is 5.91 Å². The van der Waals surface area contributed by atoms with Crippen molar-refractivity contribution >= 4 is 39.3 Å². The predicted octanol–water partition coefficient (Wildman–Crippen LogP) is 5.78. The van der Waals surface area contributed by atoms with Crippen molar-refractivity contribution in [2.45, 2.75) is 27.0 Å². The molecular weight excluding hydrogens is 496 g/mol. The van der Waals surface area contributed by atoms with Gasteiger partial charge in [0.1, 0.15) is 18.1 Å². The van der Waals surface area contributed by atoms with E-state index in [9.17, 15) is 4.79 Å². The maximum atomic E-state index is 12.9. The monoisotopic (exact) mass is 514 g/mol. The maximum absolute atomic E-state index is 12.9. The molecule has 0 aliphatic carbocycles. The van der Waals surface area contributed by atoms with Crippen LogP contribution in [0.25, 0.3) is 0 Å². The molecule has 0 atom stereocenters. The Kier molecular flexibility index (Phi) is 6.62. The first-order valence-electron chi connectivity index (χ1n) is 9.82. The van der Waals surface area contributed by atoms with Crippen LogP contribution in [0.4, 0.5) is 5.82 Å². The van der Waals surface area contributed by atoms with Crippen LogP contribution in [-0.2, 0) is 13.2 Å². The Labute approximate surface area is 198 Å². The summed E-state index contributed by atoms with van der Waals surface area (Å²) in [6, 6.07) is 15.2. The fraction of sp³-hybridized carbons (Fsp3) is 0.174. The summed E-state index contributed by atoms with van der Waals surface area (Å²) in [6.07, 6.45) is 1.79. The Hall–Kier alpha value is -3.10. The average Bonchev–Trinajstić information content (AvgIpc) is 3.30. The molecule has 0 saturated carbocycles. The first-order chi connectivity index (χ1) is 15.4. The van der Waals surface area contributed by atoms with Crippen LogP contribution < -0.4 is 10.1 Å². The molecule has 4 rings (SSSR count). The lowest BCUT2D eigenvalue weighted by Gasteiger charge is -2.07. The minimum atomic E-state index is -0.429. The van der Waals surface area contributed by atoms with Gasteiger partial charge in [-0.25, -0.2) is 0 Å². The van der Waals surface area contributed by atoms with Crippen LogP contribution >= 0.6 is 27.5 Å². The molecule has 0 aliphatic rings. The van der Waals surface area contributed by atoms with Gasteiger partial charge in [-0.05, 0) is 65.2 Å². The molecule has 164 valence electrons. The van der Waals surface area contributed by atoms with Gasteiger partial charge in [0.05, 0.1) is 16.6 Å². The zero-order chi connectivity index (χ0) is 22.7. The number of rotatable bonds is 7. The van der Waals surface area contributed by atoms with E-state index in [1.807, 2.05) is 55.5 Å². The molecule has 1 N–H and O–H groups in total. The molecule has 0 unspecified atom stereocenters. The average molecular weight is 516 g/mol. The molecule has 1 amide bonds. The fourth-order valence-corrected chi connectivity index (χ4v) is 3.65. The molecule has 32 heavy (non-hydrogen) atoms. The summed E-state index contributed by atoms with van der Waals surface area (Å²) in [5, 5.41) is 11.8. The van der Waals surface area contributed by atoms with Gasteiger partial charge < -0.3 is 14.6 Å². The van der Waals surface area contributed by atoms with E-state index in [0.29, 0.717) is 38.9 Å². The van der Waals surface area contributed by atoms with Crippen molar-refractivity contribution in [1.29, 1.82) is 0 Å². The largest absolute Gasteiger partial charge is 0.489 e. The van der Waals surface area contributed by atoms with Gasteiger partial charge in [-0.2, -0.15) is 5.10 Å². The Balaban J connectivity index is 1.46. The third kappa shape index (κ3) is 5.20. The number of halogens is 2. The zero-order valence-electron chi connectivity index (χ0n) is 17.4. The predicted molar refractivity (Wildman–Crippen MR) is 125 cm³/mol. The Bertz CT molecular complexity index is 1250. The first kappa shape index (κ1) is 22.1. The minimum absolute atomic E-state index is 0.160. The summed E-state index contributed by atoms with van der Waals surface area (Å²) in [6.45, 7) is 4.42. The van der Waals surface area contributed by atoms with Crippen LogP contribution in [-0.4, -0.2) is 20.8 Å². The summed E-state index contributed by atoms with van der Waals surface area (Å²) in [7, 11) is 0. The van der Waals surface area contributed by atoms with E-state index in [1.54, 1.807) is 17.8 Å². The van der Waals surface area contributed by atoms with E-state index in [1.165, 1.54) is 0 Å². The number of nitrogens with zero attached hydrogens (tertiary/aromatic N) is 3. The smallest absolute Gasteiger partial charge is 0.279 e. The number of anilines is 1.